The zero-order chi connectivity index (χ0) is 20.9. The van der Waals surface area contributed by atoms with Gasteiger partial charge in [-0.05, 0) is 25.1 Å². The molecule has 6 aromatic rings. The quantitative estimate of drug-likeness (QED) is 0.409. The van der Waals surface area contributed by atoms with E-state index >= 15 is 0 Å². The topological polar surface area (TPSA) is 134 Å². The van der Waals surface area contributed by atoms with Crippen molar-refractivity contribution in [2.75, 3.05) is 0 Å². The molecule has 10 nitrogen and oxygen atoms in total. The van der Waals surface area contributed by atoms with E-state index < -0.39 is 0 Å². The normalized spacial score (nSPS) is 11.5. The van der Waals surface area contributed by atoms with Crippen molar-refractivity contribution >= 4 is 22.1 Å². The van der Waals surface area contributed by atoms with Crippen LogP contribution in [0, 0.1) is 6.92 Å². The Labute approximate surface area is 174 Å². The van der Waals surface area contributed by atoms with Crippen LogP contribution in [0.25, 0.3) is 50.5 Å². The monoisotopic (exact) mass is 409 g/mol. The third-order valence-corrected chi connectivity index (χ3v) is 5.04. The van der Waals surface area contributed by atoms with Crippen molar-refractivity contribution in [2.24, 2.45) is 0 Å². The molecule has 0 radical (unpaired) electrons. The lowest BCUT2D eigenvalue weighted by molar-refractivity contribution is 0.473. The number of imidazole rings is 2. The van der Waals surface area contributed by atoms with Crippen molar-refractivity contribution in [2.45, 2.75) is 6.92 Å². The number of rotatable bonds is 3. The third-order valence-electron chi connectivity index (χ3n) is 5.04. The number of aromatic nitrogens is 9. The first-order chi connectivity index (χ1) is 15.2. The first-order valence-corrected chi connectivity index (χ1v) is 9.50. The average molecular weight is 409 g/mol. The molecule has 0 aliphatic rings. The maximum atomic E-state index is 9.75. The minimum atomic E-state index is 0.0945. The molecule has 6 aromatic heterocycles. The second-order valence-electron chi connectivity index (χ2n) is 7.16. The lowest BCUT2D eigenvalue weighted by atomic mass is 10.1. The summed E-state index contributed by atoms with van der Waals surface area (Å²) in [5.41, 5.74) is 5.29. The molecule has 6 rings (SSSR count). The summed E-state index contributed by atoms with van der Waals surface area (Å²) >= 11 is 0. The first kappa shape index (κ1) is 17.3. The molecule has 31 heavy (non-hydrogen) atoms. The van der Waals surface area contributed by atoms with Crippen LogP contribution in [-0.4, -0.2) is 49.8 Å². The van der Waals surface area contributed by atoms with Gasteiger partial charge in [0, 0.05) is 35.9 Å². The van der Waals surface area contributed by atoms with Gasteiger partial charge in [0.1, 0.15) is 23.3 Å². The van der Waals surface area contributed by atoms with Crippen molar-refractivity contribution in [1.29, 1.82) is 0 Å². The highest BCUT2D eigenvalue weighted by Gasteiger charge is 2.17. The van der Waals surface area contributed by atoms with E-state index in [1.807, 2.05) is 29.8 Å². The van der Waals surface area contributed by atoms with E-state index in [1.165, 1.54) is 6.20 Å². The molecule has 0 aromatic carbocycles. The molecule has 0 atom stereocenters. The first-order valence-electron chi connectivity index (χ1n) is 9.50. The van der Waals surface area contributed by atoms with E-state index in [4.69, 9.17) is 4.98 Å². The van der Waals surface area contributed by atoms with Crippen LogP contribution >= 0.6 is 0 Å². The molecule has 3 N–H and O–H groups in total. The number of hydrogen-bond acceptors (Lipinski definition) is 7. The highest BCUT2D eigenvalue weighted by molar-refractivity contribution is 5.94. The molecule has 0 fully saturated rings. The fourth-order valence-corrected chi connectivity index (χ4v) is 3.59. The maximum Gasteiger partial charge on any atom is 0.166 e. The third kappa shape index (κ3) is 2.81. The van der Waals surface area contributed by atoms with Crippen LogP contribution in [0.3, 0.4) is 0 Å². The number of aryl methyl sites for hydroxylation is 1. The lowest BCUT2D eigenvalue weighted by Gasteiger charge is -2.02. The van der Waals surface area contributed by atoms with Crippen LogP contribution in [0.1, 0.15) is 5.69 Å². The highest BCUT2D eigenvalue weighted by Crippen LogP contribution is 2.30. The Bertz CT molecular complexity index is 1580. The largest absolute Gasteiger partial charge is 0.506 e. The van der Waals surface area contributed by atoms with E-state index in [9.17, 15) is 5.11 Å². The minimum Gasteiger partial charge on any atom is -0.506 e. The van der Waals surface area contributed by atoms with Gasteiger partial charge in [-0.15, -0.1) is 0 Å². The van der Waals surface area contributed by atoms with E-state index in [0.717, 1.165) is 27.7 Å². The zero-order valence-electron chi connectivity index (χ0n) is 16.3. The Hall–Kier alpha value is -4.60. The molecular weight excluding hydrogens is 394 g/mol. The number of H-pyrrole nitrogens is 2. The van der Waals surface area contributed by atoms with Crippen LogP contribution in [0.5, 0.6) is 5.75 Å². The molecule has 0 spiro atoms. The molecule has 0 unspecified atom stereocenters. The summed E-state index contributed by atoms with van der Waals surface area (Å²) in [7, 11) is 0. The Kier molecular flexibility index (Phi) is 3.60. The van der Waals surface area contributed by atoms with E-state index in [0.29, 0.717) is 28.5 Å². The molecular formula is C21H15N9O. The Morgan fingerprint density at radius 2 is 1.94 bits per heavy atom. The minimum absolute atomic E-state index is 0.0945. The van der Waals surface area contributed by atoms with Crippen LogP contribution < -0.4 is 0 Å². The van der Waals surface area contributed by atoms with Gasteiger partial charge < -0.3 is 10.1 Å². The van der Waals surface area contributed by atoms with Crippen LogP contribution in [-0.2, 0) is 0 Å². The van der Waals surface area contributed by atoms with Gasteiger partial charge in [-0.2, -0.15) is 5.10 Å². The summed E-state index contributed by atoms with van der Waals surface area (Å²) < 4.78 is 1.85. The van der Waals surface area contributed by atoms with Gasteiger partial charge >= 0.3 is 0 Å². The van der Waals surface area contributed by atoms with E-state index in [2.05, 4.69) is 35.1 Å². The fraction of sp³-hybridized carbons (Fsp3) is 0.0476. The summed E-state index contributed by atoms with van der Waals surface area (Å²) in [6.45, 7) is 1.93. The predicted octanol–water partition coefficient (Wildman–Crippen LogP) is 3.16. The molecule has 150 valence electrons. The van der Waals surface area contributed by atoms with Crippen molar-refractivity contribution in [3.05, 3.63) is 61.2 Å². The van der Waals surface area contributed by atoms with Crippen molar-refractivity contribution < 1.29 is 5.11 Å². The van der Waals surface area contributed by atoms with Gasteiger partial charge in [-0.3, -0.25) is 14.6 Å². The lowest BCUT2D eigenvalue weighted by Crippen LogP contribution is -1.95. The average Bonchev–Trinajstić information content (AvgIpc) is 3.50. The molecule has 0 aliphatic heterocycles. The summed E-state index contributed by atoms with van der Waals surface area (Å²) in [6, 6.07) is 5.46. The van der Waals surface area contributed by atoms with Crippen LogP contribution in [0.4, 0.5) is 0 Å². The van der Waals surface area contributed by atoms with Gasteiger partial charge in [0.2, 0.25) is 0 Å². The zero-order valence-corrected chi connectivity index (χ0v) is 16.3. The number of hydrogen-bond donors (Lipinski definition) is 3. The molecule has 0 aliphatic carbocycles. The Balaban J connectivity index is 1.51. The maximum absolute atomic E-state index is 9.75. The smallest absolute Gasteiger partial charge is 0.166 e. The Morgan fingerprint density at radius 1 is 1.03 bits per heavy atom. The number of pyridine rings is 3. The van der Waals surface area contributed by atoms with Crippen LogP contribution in [0.2, 0.25) is 0 Å². The second kappa shape index (κ2) is 6.46. The van der Waals surface area contributed by atoms with Gasteiger partial charge in [0.15, 0.2) is 17.3 Å². The summed E-state index contributed by atoms with van der Waals surface area (Å²) in [5.74, 6) is 1.38. The molecule has 0 amide bonds. The highest BCUT2D eigenvalue weighted by atomic mass is 16.3. The number of nitrogens with one attached hydrogen (secondary N) is 2. The van der Waals surface area contributed by atoms with Gasteiger partial charge in [0.05, 0.1) is 22.8 Å². The predicted molar refractivity (Wildman–Crippen MR) is 114 cm³/mol. The summed E-state index contributed by atoms with van der Waals surface area (Å²) in [6.07, 6.45) is 10.1. The van der Waals surface area contributed by atoms with Gasteiger partial charge in [-0.1, -0.05) is 0 Å². The molecule has 0 bridgehead atoms. The molecule has 10 heteroatoms. The summed E-state index contributed by atoms with van der Waals surface area (Å²) in [4.78, 5) is 25.4. The standard InChI is InChI=1S/C21H15N9O/c1-11-9-30(10-25-11)21-18-16(2-3-23-21)26-20(27-18)17-15-5-13(7-24-19(15)29-28-17)12-4-14(31)8-22-6-12/h2-10,31H,1H3,(H,26,27)(H,24,28,29). The summed E-state index contributed by atoms with van der Waals surface area (Å²) in [5, 5.41) is 17.9. The van der Waals surface area contributed by atoms with Crippen molar-refractivity contribution in [3.8, 4) is 34.2 Å². The Morgan fingerprint density at radius 3 is 2.77 bits per heavy atom. The fourth-order valence-electron chi connectivity index (χ4n) is 3.59. The number of aromatic amines is 2. The number of aromatic hydroxyl groups is 1. The molecule has 6 heterocycles. The SMILES string of the molecule is Cc1cn(-c2nccc3[nH]c(-c4n[nH]c5ncc(-c6cncc(O)c6)cc45)nc23)cn1. The molecule has 0 saturated carbocycles. The van der Waals surface area contributed by atoms with Crippen LogP contribution in [0.15, 0.2) is 55.5 Å². The number of nitrogens with zero attached hydrogens (tertiary/aromatic N) is 7. The van der Waals surface area contributed by atoms with E-state index in [1.54, 1.807) is 31.0 Å². The van der Waals surface area contributed by atoms with Crippen molar-refractivity contribution in [1.82, 2.24) is 44.7 Å². The van der Waals surface area contributed by atoms with Crippen molar-refractivity contribution in [3.63, 3.8) is 0 Å². The number of fused-ring (bicyclic) bond motifs is 2. The van der Waals surface area contributed by atoms with E-state index in [-0.39, 0.29) is 5.75 Å². The second-order valence-corrected chi connectivity index (χ2v) is 7.16. The molecule has 0 saturated heterocycles. The van der Waals surface area contributed by atoms with Gasteiger partial charge in [0.25, 0.3) is 0 Å². The van der Waals surface area contributed by atoms with Gasteiger partial charge in [-0.25, -0.2) is 19.9 Å².